The number of benzene rings is 2. The number of morpholine rings is 1. The number of para-hydroxylation sites is 1. The van der Waals surface area contributed by atoms with Crippen molar-refractivity contribution in [1.29, 1.82) is 0 Å². The molecule has 232 valence electrons. The van der Waals surface area contributed by atoms with E-state index in [1.807, 2.05) is 48.5 Å². The summed E-state index contributed by atoms with van der Waals surface area (Å²) in [6.45, 7) is 5.21. The Hall–Kier alpha value is -4.61. The molecule has 7 rings (SSSR count). The van der Waals surface area contributed by atoms with Crippen molar-refractivity contribution in [1.82, 2.24) is 29.9 Å². The lowest BCUT2D eigenvalue weighted by molar-refractivity contribution is -0.136. The molecule has 2 amide bonds. The van der Waals surface area contributed by atoms with Crippen LogP contribution in [0.4, 0.5) is 5.69 Å². The van der Waals surface area contributed by atoms with Crippen LogP contribution in [0.1, 0.15) is 34.3 Å². The SMILES string of the molecule is O=C(Cc1ccccc1CN1CCOCC1)CN1CN(c2ccccc2)C2(CCN(C(=O)c3cnc4[nH]ncc4c3)CC2)C1=O. The number of Topliss-reactive ketones (excluding diaryl/α,β-unsaturated/α-hetero) is 1. The van der Waals surface area contributed by atoms with Gasteiger partial charge in [0.2, 0.25) is 5.91 Å². The number of fused-ring (bicyclic) bond motifs is 1. The second-order valence-corrected chi connectivity index (χ2v) is 12.1. The molecule has 0 atom stereocenters. The Morgan fingerprint density at radius 2 is 1.64 bits per heavy atom. The van der Waals surface area contributed by atoms with E-state index in [1.54, 1.807) is 28.3 Å². The first-order valence-electron chi connectivity index (χ1n) is 15.6. The summed E-state index contributed by atoms with van der Waals surface area (Å²) in [5, 5.41) is 7.58. The number of pyridine rings is 1. The van der Waals surface area contributed by atoms with Gasteiger partial charge in [0.05, 0.1) is 38.2 Å². The predicted octanol–water partition coefficient (Wildman–Crippen LogP) is 2.88. The van der Waals surface area contributed by atoms with Crippen LogP contribution in [0.5, 0.6) is 0 Å². The molecular weight excluding hydrogens is 570 g/mol. The normalized spacial score (nSPS) is 18.7. The Labute approximate surface area is 261 Å². The summed E-state index contributed by atoms with van der Waals surface area (Å²) in [5.74, 6) is -0.146. The lowest BCUT2D eigenvalue weighted by atomic mass is 9.85. The van der Waals surface area contributed by atoms with Gasteiger partial charge in [0.1, 0.15) is 5.54 Å². The van der Waals surface area contributed by atoms with Gasteiger partial charge in [0.15, 0.2) is 11.4 Å². The number of likely N-dealkylation sites (tertiary alicyclic amines) is 1. The third kappa shape index (κ3) is 5.81. The molecular formula is C34H37N7O4. The number of nitrogens with zero attached hydrogens (tertiary/aromatic N) is 6. The Kier molecular flexibility index (Phi) is 8.03. The first-order chi connectivity index (χ1) is 22.0. The van der Waals surface area contributed by atoms with Crippen LogP contribution in [0.2, 0.25) is 0 Å². The largest absolute Gasteiger partial charge is 0.379 e. The monoisotopic (exact) mass is 607 g/mol. The zero-order valence-corrected chi connectivity index (χ0v) is 25.2. The van der Waals surface area contributed by atoms with Gasteiger partial charge >= 0.3 is 0 Å². The molecule has 3 aliphatic rings. The maximum atomic E-state index is 14.2. The molecule has 0 aliphatic carbocycles. The molecule has 2 aromatic carbocycles. The van der Waals surface area contributed by atoms with Crippen LogP contribution in [-0.4, -0.2) is 106 Å². The van der Waals surface area contributed by atoms with Crippen LogP contribution in [0, 0.1) is 0 Å². The molecule has 11 nitrogen and oxygen atoms in total. The number of piperidine rings is 1. The second kappa shape index (κ2) is 12.4. The van der Waals surface area contributed by atoms with E-state index in [4.69, 9.17) is 4.74 Å². The molecule has 3 fully saturated rings. The number of ether oxygens (including phenoxy) is 1. The van der Waals surface area contributed by atoms with E-state index in [1.165, 1.54) is 0 Å². The van der Waals surface area contributed by atoms with Crippen LogP contribution < -0.4 is 4.90 Å². The Balaban J connectivity index is 1.06. The number of nitrogens with one attached hydrogen (secondary N) is 1. The lowest BCUT2D eigenvalue weighted by Gasteiger charge is -2.43. The molecule has 11 heteroatoms. The number of amides is 2. The number of carbonyl (C=O) groups excluding carboxylic acids is 3. The standard InChI is InChI=1S/C34H37N7O4/c42-30(19-25-6-4-5-7-26(25)22-38-14-16-45-17-15-38)23-40-24-41(29-8-2-1-3-9-29)34(33(40)44)10-12-39(13-11-34)32(43)28-18-27-21-36-37-31(27)35-20-28/h1-9,18,20-21H,10-17,19,22-24H2,(H,35,36,37). The number of aromatic amines is 1. The van der Waals surface area contributed by atoms with Gasteiger partial charge in [0.25, 0.3) is 5.91 Å². The minimum atomic E-state index is -0.820. The van der Waals surface area contributed by atoms with Gasteiger partial charge in [-0.15, -0.1) is 0 Å². The highest BCUT2D eigenvalue weighted by Crippen LogP contribution is 2.39. The summed E-state index contributed by atoms with van der Waals surface area (Å²) in [4.78, 5) is 53.5. The maximum Gasteiger partial charge on any atom is 0.255 e. The molecule has 5 heterocycles. The third-order valence-corrected chi connectivity index (χ3v) is 9.37. The number of hydrogen-bond donors (Lipinski definition) is 1. The zero-order valence-electron chi connectivity index (χ0n) is 25.2. The molecule has 3 aliphatic heterocycles. The fourth-order valence-corrected chi connectivity index (χ4v) is 6.90. The van der Waals surface area contributed by atoms with Gasteiger partial charge in [-0.2, -0.15) is 5.10 Å². The number of aromatic nitrogens is 3. The van der Waals surface area contributed by atoms with Gasteiger partial charge in [-0.1, -0.05) is 42.5 Å². The lowest BCUT2D eigenvalue weighted by Crippen LogP contribution is -2.57. The highest BCUT2D eigenvalue weighted by atomic mass is 16.5. The molecule has 45 heavy (non-hydrogen) atoms. The number of carbonyl (C=O) groups is 3. The molecule has 0 saturated carbocycles. The highest BCUT2D eigenvalue weighted by Gasteiger charge is 2.54. The molecule has 0 unspecified atom stereocenters. The van der Waals surface area contributed by atoms with Crippen molar-refractivity contribution in [2.45, 2.75) is 31.3 Å². The van der Waals surface area contributed by atoms with Gasteiger partial charge in [-0.05, 0) is 42.2 Å². The predicted molar refractivity (Wildman–Crippen MR) is 169 cm³/mol. The number of anilines is 1. The average Bonchev–Trinajstić information content (AvgIpc) is 3.65. The van der Waals surface area contributed by atoms with Gasteiger partial charge in [-0.25, -0.2) is 4.98 Å². The minimum Gasteiger partial charge on any atom is -0.379 e. The van der Waals surface area contributed by atoms with Gasteiger partial charge in [-0.3, -0.25) is 24.4 Å². The van der Waals surface area contributed by atoms with Crippen LogP contribution in [0.25, 0.3) is 11.0 Å². The van der Waals surface area contributed by atoms with Crippen molar-refractivity contribution in [3.63, 3.8) is 0 Å². The van der Waals surface area contributed by atoms with E-state index in [0.29, 0.717) is 43.8 Å². The van der Waals surface area contributed by atoms with Gasteiger partial charge in [0, 0.05) is 56.4 Å². The van der Waals surface area contributed by atoms with E-state index in [2.05, 4.69) is 31.0 Å². The van der Waals surface area contributed by atoms with E-state index in [-0.39, 0.29) is 30.6 Å². The van der Waals surface area contributed by atoms with Crippen molar-refractivity contribution in [2.24, 2.45) is 0 Å². The summed E-state index contributed by atoms with van der Waals surface area (Å²) in [5.41, 5.74) is 3.39. The maximum absolute atomic E-state index is 14.2. The average molecular weight is 608 g/mol. The molecule has 0 bridgehead atoms. The van der Waals surface area contributed by atoms with Crippen molar-refractivity contribution in [2.75, 3.05) is 57.5 Å². The fourth-order valence-electron chi connectivity index (χ4n) is 6.90. The number of hydrogen-bond acceptors (Lipinski definition) is 8. The van der Waals surface area contributed by atoms with Crippen molar-refractivity contribution in [3.05, 3.63) is 89.7 Å². The first kappa shape index (κ1) is 29.1. The first-order valence-corrected chi connectivity index (χ1v) is 15.6. The number of rotatable bonds is 8. The van der Waals surface area contributed by atoms with Crippen LogP contribution in [0.3, 0.4) is 0 Å². The molecule has 1 spiro atoms. The molecule has 0 radical (unpaired) electrons. The quantitative estimate of drug-likeness (QED) is 0.325. The Bertz CT molecular complexity index is 1690. The fraction of sp³-hybridized carbons (Fsp3) is 0.382. The minimum absolute atomic E-state index is 0.0117. The molecule has 2 aromatic heterocycles. The summed E-state index contributed by atoms with van der Waals surface area (Å²) >= 11 is 0. The molecule has 3 saturated heterocycles. The van der Waals surface area contributed by atoms with E-state index in [9.17, 15) is 14.4 Å². The summed E-state index contributed by atoms with van der Waals surface area (Å²) in [6.07, 6.45) is 4.44. The van der Waals surface area contributed by atoms with E-state index in [0.717, 1.165) is 55.0 Å². The van der Waals surface area contributed by atoms with Crippen LogP contribution in [-0.2, 0) is 27.3 Å². The van der Waals surface area contributed by atoms with Crippen molar-refractivity contribution < 1.29 is 19.1 Å². The Morgan fingerprint density at radius 3 is 2.42 bits per heavy atom. The Morgan fingerprint density at radius 1 is 0.911 bits per heavy atom. The molecule has 4 aromatic rings. The zero-order chi connectivity index (χ0) is 30.8. The van der Waals surface area contributed by atoms with E-state index >= 15 is 0 Å². The summed E-state index contributed by atoms with van der Waals surface area (Å²) < 4.78 is 5.49. The van der Waals surface area contributed by atoms with Crippen LogP contribution >= 0.6 is 0 Å². The number of H-pyrrole nitrogens is 1. The molecule has 1 N–H and O–H groups in total. The summed E-state index contributed by atoms with van der Waals surface area (Å²) in [7, 11) is 0. The van der Waals surface area contributed by atoms with Crippen LogP contribution in [0.15, 0.2) is 73.1 Å². The smallest absolute Gasteiger partial charge is 0.255 e. The topological polar surface area (TPSA) is 115 Å². The highest BCUT2D eigenvalue weighted by molar-refractivity contribution is 5.99. The third-order valence-electron chi connectivity index (χ3n) is 9.37. The second-order valence-electron chi connectivity index (χ2n) is 12.1. The van der Waals surface area contributed by atoms with Crippen molar-refractivity contribution in [3.8, 4) is 0 Å². The number of ketones is 1. The van der Waals surface area contributed by atoms with Gasteiger partial charge < -0.3 is 19.4 Å². The van der Waals surface area contributed by atoms with Crippen molar-refractivity contribution >= 4 is 34.3 Å². The summed E-state index contributed by atoms with van der Waals surface area (Å²) in [6, 6.07) is 19.8. The van der Waals surface area contributed by atoms with E-state index < -0.39 is 5.54 Å².